The van der Waals surface area contributed by atoms with Crippen molar-refractivity contribution >= 4 is 35.8 Å². The number of imide groups is 1. The lowest BCUT2D eigenvalue weighted by Crippen LogP contribution is -2.39. The molecule has 1 N–H and O–H groups in total. The van der Waals surface area contributed by atoms with Crippen LogP contribution in [0.1, 0.15) is 25.3 Å². The SMILES string of the molecule is CC(c1ccc(Br)cc1)[C@@]1(C)C(=O)NC(=O)[C@@H]1COCC[Si](C)(C)C. The van der Waals surface area contributed by atoms with Gasteiger partial charge in [-0.25, -0.2) is 0 Å². The zero-order valence-corrected chi connectivity index (χ0v) is 18.3. The van der Waals surface area contributed by atoms with Gasteiger partial charge in [0, 0.05) is 19.2 Å². The third-order valence-corrected chi connectivity index (χ3v) is 7.55. The second-order valence-electron chi connectivity index (χ2n) is 8.31. The second-order valence-corrected chi connectivity index (χ2v) is 14.8. The Hall–Kier alpha value is -0.983. The third-order valence-electron chi connectivity index (χ3n) is 5.32. The van der Waals surface area contributed by atoms with E-state index >= 15 is 0 Å². The Balaban J connectivity index is 2.15. The molecule has 1 aliphatic rings. The molecule has 0 aromatic heterocycles. The monoisotopic (exact) mass is 425 g/mol. The van der Waals surface area contributed by atoms with E-state index in [1.807, 2.05) is 38.1 Å². The van der Waals surface area contributed by atoms with E-state index in [0.29, 0.717) is 13.2 Å². The molecule has 2 amide bonds. The first-order valence-corrected chi connectivity index (χ1v) is 13.2. The maximum Gasteiger partial charge on any atom is 0.234 e. The predicted octanol–water partition coefficient (Wildman–Crippen LogP) is 4.19. The van der Waals surface area contributed by atoms with Gasteiger partial charge in [0.2, 0.25) is 11.8 Å². The van der Waals surface area contributed by atoms with Crippen molar-refractivity contribution in [1.82, 2.24) is 5.32 Å². The van der Waals surface area contributed by atoms with Crippen molar-refractivity contribution in [2.75, 3.05) is 13.2 Å². The van der Waals surface area contributed by atoms with Gasteiger partial charge < -0.3 is 4.74 Å². The van der Waals surface area contributed by atoms with Crippen molar-refractivity contribution in [2.24, 2.45) is 11.3 Å². The number of ether oxygens (including phenoxy) is 1. The van der Waals surface area contributed by atoms with E-state index in [-0.39, 0.29) is 17.7 Å². The first kappa shape index (κ1) is 20.3. The Bertz CT molecular complexity index is 641. The molecule has 1 heterocycles. The van der Waals surface area contributed by atoms with Crippen molar-refractivity contribution in [3.63, 3.8) is 0 Å². The molecule has 0 aliphatic carbocycles. The second kappa shape index (κ2) is 7.72. The maximum absolute atomic E-state index is 12.6. The Morgan fingerprint density at radius 3 is 2.40 bits per heavy atom. The zero-order valence-electron chi connectivity index (χ0n) is 15.7. The Morgan fingerprint density at radius 1 is 1.24 bits per heavy atom. The third kappa shape index (κ3) is 4.60. The summed E-state index contributed by atoms with van der Waals surface area (Å²) in [4.78, 5) is 25.0. The average Bonchev–Trinajstić information content (AvgIpc) is 2.74. The largest absolute Gasteiger partial charge is 0.381 e. The zero-order chi connectivity index (χ0) is 18.8. The van der Waals surface area contributed by atoms with Gasteiger partial charge in [0.1, 0.15) is 0 Å². The first-order valence-electron chi connectivity index (χ1n) is 8.74. The van der Waals surface area contributed by atoms with Gasteiger partial charge >= 0.3 is 0 Å². The normalized spacial score (nSPS) is 25.1. The smallest absolute Gasteiger partial charge is 0.234 e. The van der Waals surface area contributed by atoms with Crippen LogP contribution in [0.3, 0.4) is 0 Å². The minimum atomic E-state index is -1.18. The van der Waals surface area contributed by atoms with Crippen molar-refractivity contribution < 1.29 is 14.3 Å². The predicted molar refractivity (Wildman–Crippen MR) is 106 cm³/mol. The highest BCUT2D eigenvalue weighted by atomic mass is 79.9. The number of rotatable bonds is 7. The molecule has 0 spiro atoms. The molecule has 6 heteroatoms. The lowest BCUT2D eigenvalue weighted by Gasteiger charge is -2.33. The van der Waals surface area contributed by atoms with E-state index < -0.39 is 19.4 Å². The van der Waals surface area contributed by atoms with Crippen LogP contribution in [0, 0.1) is 11.3 Å². The van der Waals surface area contributed by atoms with E-state index in [4.69, 9.17) is 4.74 Å². The molecule has 1 aromatic carbocycles. The molecule has 0 radical (unpaired) electrons. The van der Waals surface area contributed by atoms with Crippen LogP contribution >= 0.6 is 15.9 Å². The highest BCUT2D eigenvalue weighted by Crippen LogP contribution is 2.45. The van der Waals surface area contributed by atoms with Crippen LogP contribution in [0.15, 0.2) is 28.7 Å². The van der Waals surface area contributed by atoms with Crippen LogP contribution in [-0.4, -0.2) is 33.1 Å². The molecule has 25 heavy (non-hydrogen) atoms. The van der Waals surface area contributed by atoms with Crippen LogP contribution in [0.25, 0.3) is 0 Å². The molecule has 2 rings (SSSR count). The number of amides is 2. The highest BCUT2D eigenvalue weighted by molar-refractivity contribution is 9.10. The molecule has 1 saturated heterocycles. The summed E-state index contributed by atoms with van der Waals surface area (Å²) in [6.45, 7) is 11.7. The molecule has 3 atom stereocenters. The molecule has 1 unspecified atom stereocenters. The number of hydrogen-bond acceptors (Lipinski definition) is 3. The van der Waals surface area contributed by atoms with Crippen LogP contribution in [-0.2, 0) is 14.3 Å². The van der Waals surface area contributed by atoms with Gasteiger partial charge in [-0.3, -0.25) is 14.9 Å². The van der Waals surface area contributed by atoms with Gasteiger partial charge in [-0.05, 0) is 36.6 Å². The van der Waals surface area contributed by atoms with Crippen LogP contribution in [0.4, 0.5) is 0 Å². The van der Waals surface area contributed by atoms with Crippen molar-refractivity contribution in [1.29, 1.82) is 0 Å². The molecule has 0 bridgehead atoms. The molecule has 0 saturated carbocycles. The summed E-state index contributed by atoms with van der Waals surface area (Å²) in [7, 11) is -1.18. The van der Waals surface area contributed by atoms with Gasteiger partial charge in [-0.2, -0.15) is 0 Å². The van der Waals surface area contributed by atoms with E-state index in [1.54, 1.807) is 0 Å². The minimum Gasteiger partial charge on any atom is -0.381 e. The molecular formula is C19H28BrNO3Si. The number of carbonyl (C=O) groups excluding carboxylic acids is 2. The first-order chi connectivity index (χ1) is 11.6. The van der Waals surface area contributed by atoms with E-state index in [9.17, 15) is 9.59 Å². The molecule has 1 aliphatic heterocycles. The van der Waals surface area contributed by atoms with Crippen molar-refractivity contribution in [3.05, 3.63) is 34.3 Å². The van der Waals surface area contributed by atoms with Crippen molar-refractivity contribution in [3.8, 4) is 0 Å². The standard InChI is InChI=1S/C19H28BrNO3Si/c1-13(14-6-8-15(20)9-7-14)19(2)16(17(22)21-18(19)23)12-24-10-11-25(3,4)5/h6-9,13,16H,10-12H2,1-5H3,(H,21,22,23)/t13?,16-,19+/m0/s1. The quantitative estimate of drug-likeness (QED) is 0.404. The van der Waals surface area contributed by atoms with Gasteiger partial charge in [0.25, 0.3) is 0 Å². The number of benzene rings is 1. The molecule has 1 aromatic rings. The summed E-state index contributed by atoms with van der Waals surface area (Å²) in [5.41, 5.74) is 0.243. The van der Waals surface area contributed by atoms with E-state index in [1.165, 1.54) is 0 Å². The summed E-state index contributed by atoms with van der Waals surface area (Å²) >= 11 is 3.43. The summed E-state index contributed by atoms with van der Waals surface area (Å²) in [5, 5.41) is 2.52. The number of carbonyl (C=O) groups is 2. The summed E-state index contributed by atoms with van der Waals surface area (Å²) in [5.74, 6) is -0.964. The van der Waals surface area contributed by atoms with Crippen LogP contribution in [0.2, 0.25) is 25.7 Å². The lowest BCUT2D eigenvalue weighted by atomic mass is 9.67. The lowest BCUT2D eigenvalue weighted by molar-refractivity contribution is -0.130. The molecule has 4 nitrogen and oxygen atoms in total. The highest BCUT2D eigenvalue weighted by Gasteiger charge is 2.55. The van der Waals surface area contributed by atoms with Gasteiger partial charge in [0.05, 0.1) is 17.9 Å². The van der Waals surface area contributed by atoms with Crippen LogP contribution in [0.5, 0.6) is 0 Å². The number of nitrogens with one attached hydrogen (secondary N) is 1. The fourth-order valence-electron chi connectivity index (χ4n) is 3.19. The minimum absolute atomic E-state index is 0.0855. The van der Waals surface area contributed by atoms with Gasteiger partial charge in [0.15, 0.2) is 0 Å². The van der Waals surface area contributed by atoms with Gasteiger partial charge in [-0.1, -0.05) is 54.6 Å². The average molecular weight is 426 g/mol. The molecular weight excluding hydrogens is 398 g/mol. The summed E-state index contributed by atoms with van der Waals surface area (Å²) in [6.07, 6.45) is 0. The van der Waals surface area contributed by atoms with E-state index in [2.05, 4.69) is 40.9 Å². The van der Waals surface area contributed by atoms with E-state index in [0.717, 1.165) is 16.1 Å². The molecule has 138 valence electrons. The Kier molecular flexibility index (Phi) is 6.28. The van der Waals surface area contributed by atoms with Crippen molar-refractivity contribution in [2.45, 2.75) is 45.5 Å². The number of halogens is 1. The molecule has 1 fully saturated rings. The van der Waals surface area contributed by atoms with Gasteiger partial charge in [-0.15, -0.1) is 0 Å². The Morgan fingerprint density at radius 2 is 1.84 bits per heavy atom. The summed E-state index contributed by atoms with van der Waals surface area (Å²) in [6, 6.07) is 8.97. The maximum atomic E-state index is 12.6. The fourth-order valence-corrected chi connectivity index (χ4v) is 4.21. The summed E-state index contributed by atoms with van der Waals surface area (Å²) < 4.78 is 6.82. The van der Waals surface area contributed by atoms with Crippen LogP contribution < -0.4 is 5.32 Å². The Labute approximate surface area is 159 Å². The number of hydrogen-bond donors (Lipinski definition) is 1. The fraction of sp³-hybridized carbons (Fsp3) is 0.579. The topological polar surface area (TPSA) is 55.4 Å².